The van der Waals surface area contributed by atoms with Crippen LogP contribution in [0.5, 0.6) is 0 Å². The molecule has 1 fully saturated rings. The molecule has 2 aromatic carbocycles. The van der Waals surface area contributed by atoms with Crippen LogP contribution in [-0.4, -0.2) is 59.6 Å². The molecular weight excluding hydrogens is 421 g/mol. The topological polar surface area (TPSA) is 88.0 Å². The maximum Gasteiger partial charge on any atom is 0.216 e. The Hall–Kier alpha value is -1.97. The molecule has 1 heterocycles. The molecule has 3 rings (SSSR count). The van der Waals surface area contributed by atoms with E-state index in [1.807, 2.05) is 24.3 Å². The molecule has 0 bridgehead atoms. The van der Waals surface area contributed by atoms with Crippen molar-refractivity contribution in [2.24, 2.45) is 0 Å². The summed E-state index contributed by atoms with van der Waals surface area (Å²) in [6, 6.07) is 12.1. The van der Waals surface area contributed by atoms with Gasteiger partial charge in [-0.2, -0.15) is 0 Å². The highest BCUT2D eigenvalue weighted by Crippen LogP contribution is 2.37. The van der Waals surface area contributed by atoms with Gasteiger partial charge in [0.05, 0.1) is 6.10 Å². The van der Waals surface area contributed by atoms with Crippen LogP contribution < -0.4 is 5.32 Å². The Bertz CT molecular complexity index is 911. The molecule has 2 aromatic rings. The number of carbonyl (C=O) groups excluding carboxylic acids is 1. The first-order valence-corrected chi connectivity index (χ1v) is 11.0. The summed E-state index contributed by atoms with van der Waals surface area (Å²) in [6.07, 6.45) is -2.59. The molecule has 0 spiro atoms. The second-order valence-electron chi connectivity index (χ2n) is 7.57. The zero-order valence-electron chi connectivity index (χ0n) is 17.7. The molecule has 0 saturated carbocycles. The highest BCUT2D eigenvalue weighted by atomic mass is 32.2. The van der Waals surface area contributed by atoms with Crippen LogP contribution in [0.1, 0.15) is 19.4 Å². The van der Waals surface area contributed by atoms with Crippen molar-refractivity contribution in [3.05, 3.63) is 53.8 Å². The molecule has 5 unspecified atom stereocenters. The molecule has 6 nitrogen and oxygen atoms in total. The van der Waals surface area contributed by atoms with Gasteiger partial charge in [0.15, 0.2) is 0 Å². The second-order valence-corrected chi connectivity index (χ2v) is 8.74. The van der Waals surface area contributed by atoms with Crippen LogP contribution in [0.2, 0.25) is 0 Å². The Balaban J connectivity index is 1.86. The molecule has 0 radical (unpaired) electrons. The zero-order valence-corrected chi connectivity index (χ0v) is 18.6. The molecule has 1 aliphatic rings. The van der Waals surface area contributed by atoms with Crippen LogP contribution >= 0.6 is 11.8 Å². The van der Waals surface area contributed by atoms with E-state index >= 15 is 0 Å². The molecule has 5 atom stereocenters. The number of rotatable bonds is 7. The van der Waals surface area contributed by atoms with E-state index in [1.54, 1.807) is 13.0 Å². The van der Waals surface area contributed by atoms with Gasteiger partial charge in [-0.25, -0.2) is 4.39 Å². The van der Waals surface area contributed by atoms with Gasteiger partial charge in [0.2, 0.25) is 5.91 Å². The van der Waals surface area contributed by atoms with Gasteiger partial charge in [-0.05, 0) is 54.3 Å². The monoisotopic (exact) mass is 449 g/mol. The molecule has 0 aromatic heterocycles. The van der Waals surface area contributed by atoms with Gasteiger partial charge in [0.1, 0.15) is 29.6 Å². The van der Waals surface area contributed by atoms with Crippen molar-refractivity contribution >= 4 is 17.7 Å². The summed E-state index contributed by atoms with van der Waals surface area (Å²) in [6.45, 7) is 3.73. The number of aliphatic hydroxyl groups is 2. The van der Waals surface area contributed by atoms with Gasteiger partial charge < -0.3 is 25.0 Å². The number of nitrogens with one attached hydrogen (secondary N) is 1. The lowest BCUT2D eigenvalue weighted by Gasteiger charge is -2.40. The molecule has 1 aliphatic heterocycles. The fourth-order valence-electron chi connectivity index (χ4n) is 3.71. The highest BCUT2D eigenvalue weighted by Gasteiger charge is 2.43. The normalized spacial score (nSPS) is 25.9. The zero-order chi connectivity index (χ0) is 22.5. The van der Waals surface area contributed by atoms with Crippen molar-refractivity contribution in [3.63, 3.8) is 0 Å². The Labute approximate surface area is 185 Å². The first kappa shape index (κ1) is 23.7. The summed E-state index contributed by atoms with van der Waals surface area (Å²) in [4.78, 5) is 12.0. The maximum absolute atomic E-state index is 13.9. The number of methoxy groups -OCH3 is 1. The number of thioether (sulfide) groups is 1. The largest absolute Gasteiger partial charge is 0.387 e. The number of hydrogen-bond donors (Lipinski definition) is 3. The maximum atomic E-state index is 13.9. The lowest BCUT2D eigenvalue weighted by atomic mass is 9.97. The number of ether oxygens (including phenoxy) is 2. The minimum Gasteiger partial charge on any atom is -0.387 e. The van der Waals surface area contributed by atoms with Crippen molar-refractivity contribution < 1.29 is 28.9 Å². The van der Waals surface area contributed by atoms with Crippen LogP contribution in [0.25, 0.3) is 11.1 Å². The lowest BCUT2D eigenvalue weighted by Crippen LogP contribution is -2.56. The van der Waals surface area contributed by atoms with Gasteiger partial charge in [-0.1, -0.05) is 30.0 Å². The van der Waals surface area contributed by atoms with Crippen molar-refractivity contribution in [2.45, 2.75) is 55.0 Å². The Kier molecular flexibility index (Phi) is 8.07. The van der Waals surface area contributed by atoms with Crippen molar-refractivity contribution in [1.82, 2.24) is 5.32 Å². The van der Waals surface area contributed by atoms with Gasteiger partial charge in [-0.15, -0.1) is 0 Å². The minimum atomic E-state index is -1.12. The molecule has 3 N–H and O–H groups in total. The third-order valence-corrected chi connectivity index (χ3v) is 6.43. The second kappa shape index (κ2) is 10.6. The highest BCUT2D eigenvalue weighted by molar-refractivity contribution is 7.99. The quantitative estimate of drug-likeness (QED) is 0.603. The van der Waals surface area contributed by atoms with Crippen LogP contribution in [0.15, 0.2) is 47.4 Å². The SMILES string of the molecule is COC1C(C)OC(Sc2ccc(CCNC(C)=O)c(-c3cccc(F)c3)c2)C(O)C1O. The summed E-state index contributed by atoms with van der Waals surface area (Å²) >= 11 is 1.29. The van der Waals surface area contributed by atoms with Crippen molar-refractivity contribution in [3.8, 4) is 11.1 Å². The molecule has 168 valence electrons. The average Bonchev–Trinajstić information content (AvgIpc) is 2.73. The predicted octanol–water partition coefficient (Wildman–Crippen LogP) is 2.75. The number of benzene rings is 2. The number of carbonyl (C=O) groups is 1. The lowest BCUT2D eigenvalue weighted by molar-refractivity contribution is -0.201. The third kappa shape index (κ3) is 5.84. The fraction of sp³-hybridized carbons (Fsp3) is 0.435. The Morgan fingerprint density at radius 3 is 2.68 bits per heavy atom. The molecular formula is C23H28FNO5S. The van der Waals surface area contributed by atoms with Gasteiger partial charge in [0.25, 0.3) is 0 Å². The van der Waals surface area contributed by atoms with Crippen LogP contribution in [0.3, 0.4) is 0 Å². The van der Waals surface area contributed by atoms with Crippen LogP contribution in [0.4, 0.5) is 4.39 Å². The average molecular weight is 450 g/mol. The van der Waals surface area contributed by atoms with E-state index in [4.69, 9.17) is 9.47 Å². The van der Waals surface area contributed by atoms with E-state index in [0.717, 1.165) is 21.6 Å². The third-order valence-electron chi connectivity index (χ3n) is 5.29. The summed E-state index contributed by atoms with van der Waals surface area (Å²) in [5.41, 5.74) is 1.84. The molecule has 31 heavy (non-hydrogen) atoms. The van der Waals surface area contributed by atoms with E-state index < -0.39 is 23.7 Å². The Morgan fingerprint density at radius 1 is 1.23 bits per heavy atom. The molecule has 8 heteroatoms. The summed E-state index contributed by atoms with van der Waals surface area (Å²) in [7, 11) is 1.47. The molecule has 1 amide bonds. The van der Waals surface area contributed by atoms with E-state index in [9.17, 15) is 19.4 Å². The number of hydrogen-bond acceptors (Lipinski definition) is 6. The molecule has 1 saturated heterocycles. The summed E-state index contributed by atoms with van der Waals surface area (Å²) in [5.74, 6) is -0.443. The van der Waals surface area contributed by atoms with E-state index in [1.165, 1.54) is 37.9 Å². The Morgan fingerprint density at radius 2 is 2.00 bits per heavy atom. The van der Waals surface area contributed by atoms with E-state index in [0.29, 0.717) is 13.0 Å². The standard InChI is InChI=1S/C23H28FNO5S/c1-13-22(29-3)20(27)21(28)23(30-13)31-18-8-7-15(9-10-25-14(2)26)19(12-18)16-5-4-6-17(24)11-16/h4-8,11-13,20-23,27-28H,9-10H2,1-3H3,(H,25,26). The molecule has 0 aliphatic carbocycles. The first-order chi connectivity index (χ1) is 14.8. The van der Waals surface area contributed by atoms with Crippen molar-refractivity contribution in [2.75, 3.05) is 13.7 Å². The fourth-order valence-corrected chi connectivity index (χ4v) is 4.84. The first-order valence-electron chi connectivity index (χ1n) is 10.1. The minimum absolute atomic E-state index is 0.107. The summed E-state index contributed by atoms with van der Waals surface area (Å²) < 4.78 is 25.0. The predicted molar refractivity (Wildman–Crippen MR) is 117 cm³/mol. The van der Waals surface area contributed by atoms with E-state index in [-0.39, 0.29) is 17.8 Å². The summed E-state index contributed by atoms with van der Waals surface area (Å²) in [5, 5.41) is 23.6. The van der Waals surface area contributed by atoms with Gasteiger partial charge in [-0.3, -0.25) is 4.79 Å². The number of amides is 1. The van der Waals surface area contributed by atoms with Gasteiger partial charge in [0, 0.05) is 25.5 Å². The van der Waals surface area contributed by atoms with Crippen LogP contribution in [-0.2, 0) is 20.7 Å². The van der Waals surface area contributed by atoms with E-state index in [2.05, 4.69) is 5.32 Å². The number of aliphatic hydroxyl groups excluding tert-OH is 2. The van der Waals surface area contributed by atoms with Crippen LogP contribution in [0, 0.1) is 5.82 Å². The van der Waals surface area contributed by atoms with Gasteiger partial charge >= 0.3 is 0 Å². The number of halogens is 1. The van der Waals surface area contributed by atoms with Crippen molar-refractivity contribution in [1.29, 1.82) is 0 Å². The smallest absolute Gasteiger partial charge is 0.216 e.